The van der Waals surface area contributed by atoms with Crippen LogP contribution in [0.15, 0.2) is 42.5 Å². The van der Waals surface area contributed by atoms with Gasteiger partial charge in [0.25, 0.3) is 5.91 Å². The third-order valence-corrected chi connectivity index (χ3v) is 4.84. The third-order valence-electron chi connectivity index (χ3n) is 4.84. The molecule has 0 radical (unpaired) electrons. The number of hydrogen-bond acceptors (Lipinski definition) is 3. The minimum Gasteiger partial charge on any atom is -0.479 e. The lowest BCUT2D eigenvalue weighted by atomic mass is 9.97. The predicted molar refractivity (Wildman–Crippen MR) is 102 cm³/mol. The van der Waals surface area contributed by atoms with Crippen molar-refractivity contribution in [3.8, 4) is 0 Å². The topological polar surface area (TPSA) is 95.5 Å². The molecule has 140 valence electrons. The van der Waals surface area contributed by atoms with Crippen molar-refractivity contribution in [2.75, 3.05) is 5.32 Å². The van der Waals surface area contributed by atoms with E-state index in [2.05, 4.69) is 10.6 Å². The first-order chi connectivity index (χ1) is 12.9. The van der Waals surface area contributed by atoms with Crippen LogP contribution in [0.3, 0.4) is 0 Å². The van der Waals surface area contributed by atoms with Crippen LogP contribution < -0.4 is 10.6 Å². The molecular formula is C21H22N2O4. The summed E-state index contributed by atoms with van der Waals surface area (Å²) in [6.07, 6.45) is 1.84. The monoisotopic (exact) mass is 366 g/mol. The maximum Gasteiger partial charge on any atom is 0.330 e. The average molecular weight is 366 g/mol. The molecule has 6 nitrogen and oxygen atoms in total. The molecule has 3 N–H and O–H groups in total. The standard InChI is InChI=1S/C21H22N2O4/c1-12-4-3-5-17(13(12)2)18(21(26)27)23-20(25)15-8-10-16(11-9-15)22-19(24)14-6-7-14/h3-5,8-11,14,18H,6-7H2,1-2H3,(H,22,24)(H,23,25)(H,26,27). The van der Waals surface area contributed by atoms with Gasteiger partial charge in [0.1, 0.15) is 0 Å². The zero-order chi connectivity index (χ0) is 19.6. The number of carboxylic acid groups (broad SMARTS) is 1. The summed E-state index contributed by atoms with van der Waals surface area (Å²) in [6, 6.07) is 10.7. The maximum atomic E-state index is 12.5. The number of aryl methyl sites for hydroxylation is 1. The second-order valence-electron chi connectivity index (χ2n) is 6.87. The van der Waals surface area contributed by atoms with Crippen LogP contribution in [0.1, 0.15) is 45.9 Å². The minimum absolute atomic E-state index is 0.00642. The molecule has 0 spiro atoms. The SMILES string of the molecule is Cc1cccc(C(NC(=O)c2ccc(NC(=O)C3CC3)cc2)C(=O)O)c1C. The van der Waals surface area contributed by atoms with Crippen LogP contribution in [0.25, 0.3) is 0 Å². The number of nitrogens with one attached hydrogen (secondary N) is 2. The van der Waals surface area contributed by atoms with E-state index in [0.29, 0.717) is 16.8 Å². The van der Waals surface area contributed by atoms with E-state index in [0.717, 1.165) is 24.0 Å². The summed E-state index contributed by atoms with van der Waals surface area (Å²) >= 11 is 0. The average Bonchev–Trinajstić information content (AvgIpc) is 3.48. The first-order valence-corrected chi connectivity index (χ1v) is 8.87. The highest BCUT2D eigenvalue weighted by Crippen LogP contribution is 2.30. The van der Waals surface area contributed by atoms with E-state index < -0.39 is 17.9 Å². The van der Waals surface area contributed by atoms with Crippen LogP contribution in [0.2, 0.25) is 0 Å². The molecule has 1 unspecified atom stereocenters. The molecule has 0 bridgehead atoms. The number of carbonyl (C=O) groups excluding carboxylic acids is 2. The number of aliphatic carboxylic acids is 1. The van der Waals surface area contributed by atoms with Crippen LogP contribution in [0.4, 0.5) is 5.69 Å². The number of amides is 2. The van der Waals surface area contributed by atoms with Crippen molar-refractivity contribution in [2.24, 2.45) is 5.92 Å². The highest BCUT2D eigenvalue weighted by Gasteiger charge is 2.29. The highest BCUT2D eigenvalue weighted by molar-refractivity contribution is 5.98. The van der Waals surface area contributed by atoms with Gasteiger partial charge in [-0.2, -0.15) is 0 Å². The predicted octanol–water partition coefficient (Wildman–Crippen LogP) is 3.21. The van der Waals surface area contributed by atoms with Gasteiger partial charge in [0, 0.05) is 17.2 Å². The fraction of sp³-hybridized carbons (Fsp3) is 0.286. The van der Waals surface area contributed by atoms with E-state index in [4.69, 9.17) is 0 Å². The fourth-order valence-electron chi connectivity index (χ4n) is 2.87. The van der Waals surface area contributed by atoms with Crippen molar-refractivity contribution in [3.63, 3.8) is 0 Å². The van der Waals surface area contributed by atoms with Crippen LogP contribution >= 0.6 is 0 Å². The van der Waals surface area contributed by atoms with E-state index in [-0.39, 0.29) is 11.8 Å². The van der Waals surface area contributed by atoms with Gasteiger partial charge in [0.15, 0.2) is 6.04 Å². The summed E-state index contributed by atoms with van der Waals surface area (Å²) in [5, 5.41) is 15.0. The number of hydrogen-bond donors (Lipinski definition) is 3. The van der Waals surface area contributed by atoms with Gasteiger partial charge >= 0.3 is 5.97 Å². The van der Waals surface area contributed by atoms with Gasteiger partial charge in [0.05, 0.1) is 0 Å². The zero-order valence-electron chi connectivity index (χ0n) is 15.3. The minimum atomic E-state index is -1.13. The lowest BCUT2D eigenvalue weighted by Gasteiger charge is -2.18. The Hall–Kier alpha value is -3.15. The van der Waals surface area contributed by atoms with E-state index >= 15 is 0 Å². The molecule has 6 heteroatoms. The normalized spacial score (nSPS) is 14.3. The second kappa shape index (κ2) is 7.61. The number of benzene rings is 2. The fourth-order valence-corrected chi connectivity index (χ4v) is 2.87. The van der Waals surface area contributed by atoms with E-state index in [1.54, 1.807) is 36.4 Å². The van der Waals surface area contributed by atoms with Crippen molar-refractivity contribution in [2.45, 2.75) is 32.7 Å². The Kier molecular flexibility index (Phi) is 5.26. The molecule has 2 amide bonds. The Morgan fingerprint density at radius 1 is 1.04 bits per heavy atom. The largest absolute Gasteiger partial charge is 0.479 e. The molecular weight excluding hydrogens is 344 g/mol. The van der Waals surface area contributed by atoms with E-state index in [1.807, 2.05) is 19.9 Å². The maximum absolute atomic E-state index is 12.5. The van der Waals surface area contributed by atoms with Crippen LogP contribution in [-0.4, -0.2) is 22.9 Å². The molecule has 2 aromatic carbocycles. The quantitative estimate of drug-likeness (QED) is 0.731. The Bertz CT molecular complexity index is 886. The van der Waals surface area contributed by atoms with Crippen molar-refractivity contribution >= 4 is 23.5 Å². The van der Waals surface area contributed by atoms with Crippen molar-refractivity contribution in [1.29, 1.82) is 0 Å². The molecule has 1 atom stereocenters. The Morgan fingerprint density at radius 2 is 1.70 bits per heavy atom. The number of carboxylic acids is 1. The summed E-state index contributed by atoms with van der Waals surface area (Å²) in [7, 11) is 0. The molecule has 3 rings (SSSR count). The molecule has 2 aromatic rings. The van der Waals surface area contributed by atoms with Crippen LogP contribution in [0, 0.1) is 19.8 Å². The summed E-state index contributed by atoms with van der Waals surface area (Å²) in [6.45, 7) is 3.73. The first kappa shape index (κ1) is 18.6. The Balaban J connectivity index is 1.73. The molecule has 0 aliphatic heterocycles. The molecule has 27 heavy (non-hydrogen) atoms. The highest BCUT2D eigenvalue weighted by atomic mass is 16.4. The van der Waals surface area contributed by atoms with Crippen molar-refractivity contribution in [1.82, 2.24) is 5.32 Å². The van der Waals surface area contributed by atoms with Gasteiger partial charge in [-0.05, 0) is 67.6 Å². The van der Waals surface area contributed by atoms with Gasteiger partial charge in [-0.25, -0.2) is 4.79 Å². The van der Waals surface area contributed by atoms with Gasteiger partial charge in [-0.1, -0.05) is 18.2 Å². The van der Waals surface area contributed by atoms with Gasteiger partial charge in [-0.3, -0.25) is 9.59 Å². The number of anilines is 1. The smallest absolute Gasteiger partial charge is 0.330 e. The third kappa shape index (κ3) is 4.34. The number of carbonyl (C=O) groups is 3. The summed E-state index contributed by atoms with van der Waals surface area (Å²) in [5.74, 6) is -1.51. The molecule has 1 aliphatic carbocycles. The van der Waals surface area contributed by atoms with Crippen molar-refractivity contribution in [3.05, 3.63) is 64.7 Å². The van der Waals surface area contributed by atoms with E-state index in [9.17, 15) is 19.5 Å². The molecule has 0 heterocycles. The van der Waals surface area contributed by atoms with Crippen LogP contribution in [-0.2, 0) is 9.59 Å². The lowest BCUT2D eigenvalue weighted by Crippen LogP contribution is -2.34. The van der Waals surface area contributed by atoms with Gasteiger partial charge in [-0.15, -0.1) is 0 Å². The van der Waals surface area contributed by atoms with Crippen molar-refractivity contribution < 1.29 is 19.5 Å². The Labute approximate surface area is 157 Å². The summed E-state index contributed by atoms with van der Waals surface area (Å²) in [4.78, 5) is 36.0. The van der Waals surface area contributed by atoms with Crippen LogP contribution in [0.5, 0.6) is 0 Å². The molecule has 1 fully saturated rings. The van der Waals surface area contributed by atoms with Gasteiger partial charge in [0.2, 0.25) is 5.91 Å². The molecule has 1 saturated carbocycles. The lowest BCUT2D eigenvalue weighted by molar-refractivity contribution is -0.139. The molecule has 1 aliphatic rings. The van der Waals surface area contributed by atoms with Gasteiger partial charge < -0.3 is 15.7 Å². The second-order valence-corrected chi connectivity index (χ2v) is 6.87. The Morgan fingerprint density at radius 3 is 2.30 bits per heavy atom. The first-order valence-electron chi connectivity index (χ1n) is 8.87. The summed E-state index contributed by atoms with van der Waals surface area (Å²) in [5.41, 5.74) is 3.31. The summed E-state index contributed by atoms with van der Waals surface area (Å²) < 4.78 is 0. The number of rotatable bonds is 6. The molecule has 0 aromatic heterocycles. The molecule has 0 saturated heterocycles. The zero-order valence-corrected chi connectivity index (χ0v) is 15.3. The van der Waals surface area contributed by atoms with E-state index in [1.165, 1.54) is 0 Å².